The average molecular weight is 498 g/mol. The molecule has 2 unspecified atom stereocenters. The molecule has 2 aliphatic rings. The summed E-state index contributed by atoms with van der Waals surface area (Å²) in [5.74, 6) is 0.130. The van der Waals surface area contributed by atoms with Gasteiger partial charge in [0.05, 0.1) is 44.3 Å². The molecule has 1 aromatic heterocycles. The number of piperidine rings is 1. The maximum absolute atomic E-state index is 14.6. The van der Waals surface area contributed by atoms with Crippen molar-refractivity contribution in [3.05, 3.63) is 56.8 Å². The number of nitrogens with zero attached hydrogens (tertiary/aromatic N) is 3. The summed E-state index contributed by atoms with van der Waals surface area (Å²) in [5.41, 5.74) is 0.120. The fraction of sp³-hybridized carbons (Fsp3) is 0.300. The van der Waals surface area contributed by atoms with Crippen LogP contribution in [-0.2, 0) is 17.3 Å². The molecular weight excluding hydrogens is 480 g/mol. The van der Waals surface area contributed by atoms with Crippen LogP contribution < -0.4 is 15.6 Å². The van der Waals surface area contributed by atoms with Crippen LogP contribution in [0.25, 0.3) is 10.9 Å². The number of halogens is 3. The zero-order chi connectivity index (χ0) is 22.8. The van der Waals surface area contributed by atoms with E-state index in [1.165, 1.54) is 21.3 Å². The molecule has 168 valence electrons. The number of fused-ring (bicyclic) bond motifs is 2. The van der Waals surface area contributed by atoms with Crippen molar-refractivity contribution in [1.29, 1.82) is 0 Å². The molecule has 2 aromatic carbocycles. The molecule has 1 saturated carbocycles. The maximum atomic E-state index is 14.6. The lowest BCUT2D eigenvalue weighted by Crippen LogP contribution is -2.35. The Labute approximate surface area is 193 Å². The van der Waals surface area contributed by atoms with Gasteiger partial charge in [-0.2, -0.15) is 12.7 Å². The van der Waals surface area contributed by atoms with Crippen molar-refractivity contribution < 1.29 is 12.8 Å². The minimum atomic E-state index is -3.82. The summed E-state index contributed by atoms with van der Waals surface area (Å²) in [5, 5.41) is 2.85. The molecule has 12 heteroatoms. The first kappa shape index (κ1) is 21.4. The molecule has 8 nitrogen and oxygen atoms in total. The van der Waals surface area contributed by atoms with E-state index < -0.39 is 16.0 Å². The molecule has 0 radical (unpaired) electrons. The minimum Gasteiger partial charge on any atom is -0.351 e. The van der Waals surface area contributed by atoms with Crippen molar-refractivity contribution in [3.63, 3.8) is 0 Å². The molecule has 1 aliphatic carbocycles. The van der Waals surface area contributed by atoms with Crippen molar-refractivity contribution in [3.8, 4) is 0 Å². The molecule has 32 heavy (non-hydrogen) atoms. The normalized spacial score (nSPS) is 20.4. The number of benzene rings is 2. The molecule has 2 fully saturated rings. The third-order valence-corrected chi connectivity index (χ3v) is 8.14. The standard InChI is InChI=1S/C20H18Cl2FN5O3S/c1-27-9-24-13-4-5-14(17(21)16(13)20(27)29)25-19-12(23)2-3-15(18(19)22)26-32(30,31)28-7-10-6-11(10)8-28/h2-5,9-11,25-26H,6-8H2,1H3. The molecular formula is C20H18Cl2FN5O3S. The lowest BCUT2D eigenvalue weighted by atomic mass is 10.2. The van der Waals surface area contributed by atoms with Gasteiger partial charge in [-0.15, -0.1) is 0 Å². The molecule has 2 heterocycles. The van der Waals surface area contributed by atoms with Crippen LogP contribution in [-0.4, -0.2) is 35.4 Å². The van der Waals surface area contributed by atoms with Crippen LogP contribution in [0, 0.1) is 17.7 Å². The Balaban J connectivity index is 1.49. The van der Waals surface area contributed by atoms with E-state index in [0.717, 1.165) is 12.5 Å². The largest absolute Gasteiger partial charge is 0.351 e. The van der Waals surface area contributed by atoms with Crippen molar-refractivity contribution in [2.24, 2.45) is 18.9 Å². The fourth-order valence-electron chi connectivity index (χ4n) is 3.99. The Kier molecular flexibility index (Phi) is 5.08. The second kappa shape index (κ2) is 7.58. The highest BCUT2D eigenvalue weighted by Gasteiger charge is 2.48. The molecule has 5 rings (SSSR count). The first-order valence-electron chi connectivity index (χ1n) is 9.82. The van der Waals surface area contributed by atoms with E-state index in [9.17, 15) is 17.6 Å². The second-order valence-corrected chi connectivity index (χ2v) is 10.5. The highest BCUT2D eigenvalue weighted by Crippen LogP contribution is 2.46. The van der Waals surface area contributed by atoms with E-state index in [1.807, 2.05) is 0 Å². The van der Waals surface area contributed by atoms with Gasteiger partial charge in [0.1, 0.15) is 5.82 Å². The summed E-state index contributed by atoms with van der Waals surface area (Å²) in [4.78, 5) is 16.6. The summed E-state index contributed by atoms with van der Waals surface area (Å²) in [6.07, 6.45) is 2.44. The van der Waals surface area contributed by atoms with Crippen LogP contribution >= 0.6 is 23.2 Å². The quantitative estimate of drug-likeness (QED) is 0.559. The number of anilines is 3. The van der Waals surface area contributed by atoms with Crippen molar-refractivity contribution in [2.45, 2.75) is 6.42 Å². The Hall–Kier alpha value is -2.40. The molecule has 1 aliphatic heterocycles. The van der Waals surface area contributed by atoms with E-state index in [-0.39, 0.29) is 38.1 Å². The van der Waals surface area contributed by atoms with Gasteiger partial charge in [0.2, 0.25) is 0 Å². The van der Waals surface area contributed by atoms with Gasteiger partial charge in [-0.05, 0) is 42.5 Å². The fourth-order valence-corrected chi connectivity index (χ4v) is 5.93. The van der Waals surface area contributed by atoms with Gasteiger partial charge in [0.25, 0.3) is 5.56 Å². The topological polar surface area (TPSA) is 96.3 Å². The highest BCUT2D eigenvalue weighted by atomic mass is 35.5. The van der Waals surface area contributed by atoms with E-state index in [1.54, 1.807) is 19.2 Å². The molecule has 0 bridgehead atoms. The number of rotatable bonds is 5. The van der Waals surface area contributed by atoms with Crippen molar-refractivity contribution in [2.75, 3.05) is 23.1 Å². The number of hydrogen-bond donors (Lipinski definition) is 2. The van der Waals surface area contributed by atoms with Crippen molar-refractivity contribution >= 4 is 61.4 Å². The van der Waals surface area contributed by atoms with Crippen LogP contribution in [0.2, 0.25) is 10.0 Å². The Bertz CT molecular complexity index is 1420. The second-order valence-electron chi connectivity index (χ2n) is 8.07. The number of aryl methyl sites for hydroxylation is 1. The SMILES string of the molecule is Cn1cnc2ccc(Nc3c(F)ccc(NS(=O)(=O)N4CC5CC5C4)c3Cl)c(Cl)c2c1=O. The number of nitrogens with one attached hydrogen (secondary N) is 2. The van der Waals surface area contributed by atoms with Gasteiger partial charge in [0.15, 0.2) is 0 Å². The zero-order valence-electron chi connectivity index (χ0n) is 16.8. The minimum absolute atomic E-state index is 0.0330. The van der Waals surface area contributed by atoms with Gasteiger partial charge < -0.3 is 9.88 Å². The third-order valence-electron chi connectivity index (χ3n) is 5.90. The van der Waals surface area contributed by atoms with E-state index in [2.05, 4.69) is 15.0 Å². The molecule has 1 saturated heterocycles. The number of aromatic nitrogens is 2. The number of hydrogen-bond acceptors (Lipinski definition) is 5. The summed E-state index contributed by atoms with van der Waals surface area (Å²) >= 11 is 12.8. The predicted octanol–water partition coefficient (Wildman–Crippen LogP) is 3.73. The zero-order valence-corrected chi connectivity index (χ0v) is 19.1. The molecule has 2 atom stereocenters. The van der Waals surface area contributed by atoms with Gasteiger partial charge >= 0.3 is 10.2 Å². The van der Waals surface area contributed by atoms with Crippen molar-refractivity contribution in [1.82, 2.24) is 13.9 Å². The van der Waals surface area contributed by atoms with Crippen LogP contribution in [0.5, 0.6) is 0 Å². The van der Waals surface area contributed by atoms with Gasteiger partial charge in [-0.3, -0.25) is 9.52 Å². The van der Waals surface area contributed by atoms with E-state index >= 15 is 0 Å². The van der Waals surface area contributed by atoms with E-state index in [4.69, 9.17) is 23.2 Å². The summed E-state index contributed by atoms with van der Waals surface area (Å²) in [6, 6.07) is 5.48. The molecule has 3 aromatic rings. The summed E-state index contributed by atoms with van der Waals surface area (Å²) in [6.45, 7) is 0.944. The van der Waals surface area contributed by atoms with Crippen LogP contribution in [0.15, 0.2) is 35.4 Å². The summed E-state index contributed by atoms with van der Waals surface area (Å²) in [7, 11) is -2.27. The lowest BCUT2D eigenvalue weighted by Gasteiger charge is -2.20. The summed E-state index contributed by atoms with van der Waals surface area (Å²) < 4.78 is 45.2. The van der Waals surface area contributed by atoms with Gasteiger partial charge in [-0.25, -0.2) is 9.37 Å². The Morgan fingerprint density at radius 2 is 1.78 bits per heavy atom. The van der Waals surface area contributed by atoms with E-state index in [0.29, 0.717) is 30.4 Å². The smallest absolute Gasteiger partial charge is 0.301 e. The van der Waals surface area contributed by atoms with Crippen LogP contribution in [0.4, 0.5) is 21.5 Å². The highest BCUT2D eigenvalue weighted by molar-refractivity contribution is 7.90. The average Bonchev–Trinajstić information content (AvgIpc) is 3.36. The Morgan fingerprint density at radius 1 is 1.09 bits per heavy atom. The molecule has 2 N–H and O–H groups in total. The third kappa shape index (κ3) is 3.61. The first-order valence-corrected chi connectivity index (χ1v) is 12.0. The monoisotopic (exact) mass is 497 g/mol. The first-order chi connectivity index (χ1) is 15.2. The van der Waals surface area contributed by atoms with Crippen LogP contribution in [0.3, 0.4) is 0 Å². The predicted molar refractivity (Wildman–Crippen MR) is 122 cm³/mol. The lowest BCUT2D eigenvalue weighted by molar-refractivity contribution is 0.447. The molecule has 0 amide bonds. The Morgan fingerprint density at radius 3 is 2.50 bits per heavy atom. The molecule has 0 spiro atoms. The van der Waals surface area contributed by atoms with Gasteiger partial charge in [0, 0.05) is 20.1 Å². The van der Waals surface area contributed by atoms with Crippen LogP contribution in [0.1, 0.15) is 6.42 Å². The maximum Gasteiger partial charge on any atom is 0.301 e. The van der Waals surface area contributed by atoms with Gasteiger partial charge in [-0.1, -0.05) is 23.2 Å².